The van der Waals surface area contributed by atoms with Gasteiger partial charge in [0, 0.05) is 25.5 Å². The Morgan fingerprint density at radius 3 is 2.60 bits per heavy atom. The van der Waals surface area contributed by atoms with Crippen LogP contribution in [0.15, 0.2) is 53.8 Å². The lowest BCUT2D eigenvalue weighted by molar-refractivity contribution is -0.137. The fourth-order valence-electron chi connectivity index (χ4n) is 2.23. The van der Waals surface area contributed by atoms with Gasteiger partial charge in [0.2, 0.25) is 0 Å². The molecule has 0 amide bonds. The molecule has 0 bridgehead atoms. The van der Waals surface area contributed by atoms with E-state index in [9.17, 15) is 13.2 Å². The number of nitrogens with zero attached hydrogens (tertiary/aromatic N) is 2. The first-order valence-electron chi connectivity index (χ1n) is 8.06. The molecule has 2 rings (SSSR count). The molecular weight excluding hydrogens is 329 g/mol. The molecule has 1 aromatic carbocycles. The second-order valence-corrected chi connectivity index (χ2v) is 5.43. The van der Waals surface area contributed by atoms with Gasteiger partial charge in [-0.2, -0.15) is 13.2 Å². The smallest absolute Gasteiger partial charge is 0.357 e. The average molecular weight is 350 g/mol. The average Bonchev–Trinajstić information content (AvgIpc) is 2.60. The summed E-state index contributed by atoms with van der Waals surface area (Å²) < 4.78 is 38.2. The van der Waals surface area contributed by atoms with Gasteiger partial charge < -0.3 is 10.6 Å². The number of halogens is 3. The van der Waals surface area contributed by atoms with Crippen molar-refractivity contribution in [2.75, 3.05) is 13.1 Å². The minimum atomic E-state index is -4.34. The van der Waals surface area contributed by atoms with Gasteiger partial charge in [-0.3, -0.25) is 4.98 Å². The molecule has 25 heavy (non-hydrogen) atoms. The monoisotopic (exact) mass is 350 g/mol. The van der Waals surface area contributed by atoms with Gasteiger partial charge >= 0.3 is 6.18 Å². The normalized spacial score (nSPS) is 12.1. The summed E-state index contributed by atoms with van der Waals surface area (Å²) in [7, 11) is 0. The Labute approximate surface area is 145 Å². The van der Waals surface area contributed by atoms with Gasteiger partial charge in [0.05, 0.1) is 12.1 Å². The summed E-state index contributed by atoms with van der Waals surface area (Å²) in [5, 5.41) is 6.26. The molecule has 4 nitrogen and oxygen atoms in total. The third-order valence-electron chi connectivity index (χ3n) is 3.45. The molecule has 0 unspecified atom stereocenters. The number of aliphatic imine (C=N–C) groups is 1. The summed E-state index contributed by atoms with van der Waals surface area (Å²) in [5.74, 6) is 0.573. The molecule has 2 N–H and O–H groups in total. The van der Waals surface area contributed by atoms with Crippen molar-refractivity contribution in [3.63, 3.8) is 0 Å². The Morgan fingerprint density at radius 1 is 1.12 bits per heavy atom. The quantitative estimate of drug-likeness (QED) is 0.620. The number of hydrogen-bond acceptors (Lipinski definition) is 2. The highest BCUT2D eigenvalue weighted by atomic mass is 19.4. The molecule has 0 saturated carbocycles. The lowest BCUT2D eigenvalue weighted by Gasteiger charge is -2.12. The van der Waals surface area contributed by atoms with Crippen molar-refractivity contribution in [3.8, 4) is 0 Å². The summed E-state index contributed by atoms with van der Waals surface area (Å²) in [6.45, 7) is 3.43. The molecule has 7 heteroatoms. The van der Waals surface area contributed by atoms with Crippen LogP contribution >= 0.6 is 0 Å². The minimum absolute atomic E-state index is 0.173. The lowest BCUT2D eigenvalue weighted by Crippen LogP contribution is -2.38. The molecule has 1 aromatic heterocycles. The zero-order chi connectivity index (χ0) is 18.1. The first kappa shape index (κ1) is 18.8. The predicted octanol–water partition coefficient (Wildman–Crippen LogP) is 3.40. The summed E-state index contributed by atoms with van der Waals surface area (Å²) in [5.41, 5.74) is 0.956. The van der Waals surface area contributed by atoms with Crippen LogP contribution in [0.3, 0.4) is 0 Å². The highest BCUT2D eigenvalue weighted by Crippen LogP contribution is 2.29. The van der Waals surface area contributed by atoms with E-state index in [0.717, 1.165) is 24.1 Å². The number of benzene rings is 1. The summed E-state index contributed by atoms with van der Waals surface area (Å²) in [6, 6.07) is 9.09. The molecule has 0 spiro atoms. The highest BCUT2D eigenvalue weighted by molar-refractivity contribution is 5.79. The zero-order valence-electron chi connectivity index (χ0n) is 14.0. The van der Waals surface area contributed by atoms with E-state index in [1.807, 2.05) is 19.1 Å². The maximum absolute atomic E-state index is 12.7. The molecule has 1 heterocycles. The van der Waals surface area contributed by atoms with Gasteiger partial charge in [-0.25, -0.2) is 4.99 Å². The van der Waals surface area contributed by atoms with Gasteiger partial charge in [-0.15, -0.1) is 0 Å². The van der Waals surface area contributed by atoms with E-state index in [2.05, 4.69) is 20.6 Å². The van der Waals surface area contributed by atoms with Gasteiger partial charge in [0.15, 0.2) is 5.96 Å². The van der Waals surface area contributed by atoms with Crippen molar-refractivity contribution in [1.82, 2.24) is 15.6 Å². The van der Waals surface area contributed by atoms with Crippen LogP contribution in [-0.4, -0.2) is 24.0 Å². The molecule has 2 aromatic rings. The van der Waals surface area contributed by atoms with Crippen LogP contribution in [0.5, 0.6) is 0 Å². The van der Waals surface area contributed by atoms with Gasteiger partial charge in [0.1, 0.15) is 0 Å². The first-order chi connectivity index (χ1) is 12.0. The van der Waals surface area contributed by atoms with E-state index in [-0.39, 0.29) is 6.54 Å². The fraction of sp³-hybridized carbons (Fsp3) is 0.333. The van der Waals surface area contributed by atoms with Crippen LogP contribution in [0.25, 0.3) is 0 Å². The van der Waals surface area contributed by atoms with Crippen LogP contribution in [0.4, 0.5) is 13.2 Å². The van der Waals surface area contributed by atoms with Gasteiger partial charge in [-0.1, -0.05) is 18.2 Å². The molecular formula is C18H21F3N4. The Kier molecular flexibility index (Phi) is 6.80. The summed E-state index contributed by atoms with van der Waals surface area (Å²) in [4.78, 5) is 8.41. The van der Waals surface area contributed by atoms with Gasteiger partial charge in [-0.05, 0) is 42.7 Å². The predicted molar refractivity (Wildman–Crippen MR) is 92.2 cm³/mol. The van der Waals surface area contributed by atoms with Crippen LogP contribution in [0, 0.1) is 0 Å². The summed E-state index contributed by atoms with van der Waals surface area (Å²) in [6.07, 6.45) is -0.0418. The molecule has 0 atom stereocenters. The Balaban J connectivity index is 1.95. The van der Waals surface area contributed by atoms with Crippen molar-refractivity contribution in [2.45, 2.75) is 26.1 Å². The minimum Gasteiger partial charge on any atom is -0.357 e. The molecule has 0 fully saturated rings. The van der Waals surface area contributed by atoms with Crippen LogP contribution in [0.2, 0.25) is 0 Å². The number of aromatic nitrogens is 1. The number of guanidine groups is 1. The number of alkyl halides is 3. The first-order valence-corrected chi connectivity index (χ1v) is 8.06. The second-order valence-electron chi connectivity index (χ2n) is 5.43. The number of pyridine rings is 1. The Morgan fingerprint density at radius 2 is 1.92 bits per heavy atom. The van der Waals surface area contributed by atoms with Gasteiger partial charge in [0.25, 0.3) is 0 Å². The highest BCUT2D eigenvalue weighted by Gasteiger charge is 2.30. The zero-order valence-corrected chi connectivity index (χ0v) is 14.0. The SMILES string of the molecule is CCNC(=NCc1cccc(C(F)(F)F)c1)NCCc1cccnc1. The molecule has 0 aliphatic heterocycles. The Hall–Kier alpha value is -2.57. The van der Waals surface area contributed by atoms with E-state index in [1.165, 1.54) is 6.07 Å². The maximum atomic E-state index is 12.7. The van der Waals surface area contributed by atoms with Crippen molar-refractivity contribution in [2.24, 2.45) is 4.99 Å². The van der Waals surface area contributed by atoms with Crippen molar-refractivity contribution < 1.29 is 13.2 Å². The van der Waals surface area contributed by atoms with E-state index in [0.29, 0.717) is 24.6 Å². The number of rotatable bonds is 6. The number of hydrogen-bond donors (Lipinski definition) is 2. The molecule has 134 valence electrons. The third kappa shape index (κ3) is 6.45. The third-order valence-corrected chi connectivity index (χ3v) is 3.45. The van der Waals surface area contributed by atoms with E-state index < -0.39 is 11.7 Å². The van der Waals surface area contributed by atoms with Crippen molar-refractivity contribution >= 4 is 5.96 Å². The fourth-order valence-corrected chi connectivity index (χ4v) is 2.23. The molecule has 0 aliphatic carbocycles. The summed E-state index contributed by atoms with van der Waals surface area (Å²) >= 11 is 0. The number of nitrogens with one attached hydrogen (secondary N) is 2. The largest absolute Gasteiger partial charge is 0.416 e. The molecule has 0 aliphatic rings. The van der Waals surface area contributed by atoms with E-state index in [1.54, 1.807) is 18.5 Å². The van der Waals surface area contributed by atoms with Crippen LogP contribution < -0.4 is 10.6 Å². The molecule has 0 radical (unpaired) electrons. The Bertz CT molecular complexity index is 684. The van der Waals surface area contributed by atoms with Crippen LogP contribution in [0.1, 0.15) is 23.6 Å². The standard InChI is InChI=1S/C18H21F3N4/c1-2-23-17(24-10-8-14-6-4-9-22-12-14)25-13-15-5-3-7-16(11-15)18(19,20)21/h3-7,9,11-12H,2,8,10,13H2,1H3,(H2,23,24,25). The topological polar surface area (TPSA) is 49.3 Å². The van der Waals surface area contributed by atoms with E-state index >= 15 is 0 Å². The van der Waals surface area contributed by atoms with Crippen LogP contribution in [-0.2, 0) is 19.1 Å². The van der Waals surface area contributed by atoms with E-state index in [4.69, 9.17) is 0 Å². The second kappa shape index (κ2) is 9.05. The lowest BCUT2D eigenvalue weighted by atomic mass is 10.1. The maximum Gasteiger partial charge on any atom is 0.416 e. The van der Waals surface area contributed by atoms with Crippen molar-refractivity contribution in [1.29, 1.82) is 0 Å². The molecule has 0 saturated heterocycles. The van der Waals surface area contributed by atoms with Crippen molar-refractivity contribution in [3.05, 3.63) is 65.5 Å².